The van der Waals surface area contributed by atoms with Gasteiger partial charge < -0.3 is 10.4 Å². The van der Waals surface area contributed by atoms with Gasteiger partial charge in [-0.1, -0.05) is 6.07 Å². The van der Waals surface area contributed by atoms with Crippen LogP contribution < -0.4 is 10.6 Å². The number of nitrogens with one attached hydrogen (secondary N) is 2. The topological polar surface area (TPSA) is 91.3 Å². The van der Waals surface area contributed by atoms with E-state index in [0.717, 1.165) is 12.8 Å². The van der Waals surface area contributed by atoms with Crippen LogP contribution in [0.3, 0.4) is 0 Å². The molecule has 0 aromatic carbocycles. The van der Waals surface area contributed by atoms with Crippen molar-refractivity contribution in [1.29, 1.82) is 0 Å². The molecular weight excluding hydrogens is 210 g/mol. The molecule has 1 saturated carbocycles. The zero-order valence-corrected chi connectivity index (χ0v) is 8.43. The molecule has 1 aliphatic carbocycles. The van der Waals surface area contributed by atoms with Crippen LogP contribution in [0.5, 0.6) is 0 Å². The zero-order valence-electron chi connectivity index (χ0n) is 8.43. The molecule has 6 heteroatoms. The molecule has 1 aliphatic rings. The van der Waals surface area contributed by atoms with Gasteiger partial charge in [0.25, 0.3) is 0 Å². The first kappa shape index (κ1) is 10.4. The summed E-state index contributed by atoms with van der Waals surface area (Å²) in [6, 6.07) is 4.34. The summed E-state index contributed by atoms with van der Waals surface area (Å²) < 4.78 is 0. The molecule has 0 spiro atoms. The standard InChI is InChI=1S/C10H11N3O3/c14-9(15)7-2-1-3-8(12-7)13-10(16)11-6-4-5-6/h1-3,6H,4-5H2,(H,14,15)(H2,11,12,13,16). The lowest BCUT2D eigenvalue weighted by Crippen LogP contribution is -2.30. The lowest BCUT2D eigenvalue weighted by molar-refractivity contribution is 0.0690. The van der Waals surface area contributed by atoms with Gasteiger partial charge in [0.1, 0.15) is 5.82 Å². The van der Waals surface area contributed by atoms with E-state index in [1.165, 1.54) is 12.1 Å². The number of pyridine rings is 1. The number of carboxylic acids is 1. The summed E-state index contributed by atoms with van der Waals surface area (Å²) >= 11 is 0. The number of urea groups is 1. The number of rotatable bonds is 3. The third-order valence-corrected chi connectivity index (χ3v) is 2.12. The largest absolute Gasteiger partial charge is 0.477 e. The van der Waals surface area contributed by atoms with Crippen LogP contribution in [0.2, 0.25) is 0 Å². The van der Waals surface area contributed by atoms with E-state index < -0.39 is 5.97 Å². The lowest BCUT2D eigenvalue weighted by Gasteiger charge is -2.05. The Morgan fingerprint density at radius 2 is 2.12 bits per heavy atom. The van der Waals surface area contributed by atoms with Crippen molar-refractivity contribution in [3.05, 3.63) is 23.9 Å². The average molecular weight is 221 g/mol. The predicted molar refractivity (Wildman–Crippen MR) is 56.4 cm³/mol. The minimum Gasteiger partial charge on any atom is -0.477 e. The van der Waals surface area contributed by atoms with Crippen molar-refractivity contribution < 1.29 is 14.7 Å². The molecule has 6 nitrogen and oxygen atoms in total. The Labute approximate surface area is 91.7 Å². The van der Waals surface area contributed by atoms with Crippen molar-refractivity contribution in [1.82, 2.24) is 10.3 Å². The first-order chi connectivity index (χ1) is 7.65. The molecule has 0 radical (unpaired) electrons. The summed E-state index contributed by atoms with van der Waals surface area (Å²) in [5.74, 6) is -0.885. The highest BCUT2D eigenvalue weighted by atomic mass is 16.4. The van der Waals surface area contributed by atoms with Crippen LogP contribution in [0.4, 0.5) is 10.6 Å². The predicted octanol–water partition coefficient (Wildman–Crippen LogP) is 1.06. The summed E-state index contributed by atoms with van der Waals surface area (Å²) in [6.45, 7) is 0. The average Bonchev–Trinajstić information content (AvgIpc) is 3.01. The first-order valence-corrected chi connectivity index (χ1v) is 4.93. The van der Waals surface area contributed by atoms with E-state index in [4.69, 9.17) is 5.11 Å². The molecule has 1 fully saturated rings. The molecule has 1 aromatic heterocycles. The van der Waals surface area contributed by atoms with Gasteiger partial charge in [0.2, 0.25) is 0 Å². The van der Waals surface area contributed by atoms with Gasteiger partial charge in [0, 0.05) is 6.04 Å². The molecular formula is C10H11N3O3. The third-order valence-electron chi connectivity index (χ3n) is 2.12. The number of aromatic nitrogens is 1. The second-order valence-electron chi connectivity index (χ2n) is 3.59. The number of nitrogens with zero attached hydrogens (tertiary/aromatic N) is 1. The summed E-state index contributed by atoms with van der Waals surface area (Å²) in [7, 11) is 0. The Balaban J connectivity index is 1.99. The van der Waals surface area contributed by atoms with Crippen LogP contribution >= 0.6 is 0 Å². The highest BCUT2D eigenvalue weighted by Gasteiger charge is 2.23. The SMILES string of the molecule is O=C(Nc1cccc(C(=O)O)n1)NC1CC1. The monoisotopic (exact) mass is 221 g/mol. The second kappa shape index (κ2) is 4.18. The second-order valence-corrected chi connectivity index (χ2v) is 3.59. The van der Waals surface area contributed by atoms with Crippen molar-refractivity contribution in [2.75, 3.05) is 5.32 Å². The quantitative estimate of drug-likeness (QED) is 0.711. The molecule has 16 heavy (non-hydrogen) atoms. The van der Waals surface area contributed by atoms with E-state index in [9.17, 15) is 9.59 Å². The van der Waals surface area contributed by atoms with E-state index in [1.807, 2.05) is 0 Å². The number of carbonyl (C=O) groups excluding carboxylic acids is 1. The summed E-state index contributed by atoms with van der Waals surface area (Å²) in [6.07, 6.45) is 1.99. The number of carboxylic acid groups (broad SMARTS) is 1. The van der Waals surface area contributed by atoms with E-state index in [2.05, 4.69) is 15.6 Å². The van der Waals surface area contributed by atoms with Gasteiger partial charge in [-0.25, -0.2) is 14.6 Å². The van der Waals surface area contributed by atoms with Crippen LogP contribution in [0.15, 0.2) is 18.2 Å². The van der Waals surface area contributed by atoms with Crippen molar-refractivity contribution >= 4 is 17.8 Å². The molecule has 84 valence electrons. The van der Waals surface area contributed by atoms with E-state index in [0.29, 0.717) is 0 Å². The fourth-order valence-corrected chi connectivity index (χ4v) is 1.19. The Kier molecular flexibility index (Phi) is 2.72. The number of amides is 2. The van der Waals surface area contributed by atoms with Gasteiger partial charge in [0.05, 0.1) is 0 Å². The fraction of sp³-hybridized carbons (Fsp3) is 0.300. The first-order valence-electron chi connectivity index (χ1n) is 4.93. The van der Waals surface area contributed by atoms with E-state index in [-0.39, 0.29) is 23.6 Å². The number of aromatic carboxylic acids is 1. The number of anilines is 1. The van der Waals surface area contributed by atoms with Gasteiger partial charge in [-0.15, -0.1) is 0 Å². The number of hydrogen-bond acceptors (Lipinski definition) is 3. The molecule has 1 heterocycles. The minimum absolute atomic E-state index is 0.0933. The lowest BCUT2D eigenvalue weighted by atomic mass is 10.3. The molecule has 2 rings (SSSR count). The Morgan fingerprint density at radius 1 is 1.38 bits per heavy atom. The molecule has 0 saturated heterocycles. The van der Waals surface area contributed by atoms with Crippen LogP contribution in [-0.4, -0.2) is 28.1 Å². The summed E-state index contributed by atoms with van der Waals surface area (Å²) in [5, 5.41) is 13.9. The van der Waals surface area contributed by atoms with Crippen molar-refractivity contribution in [3.63, 3.8) is 0 Å². The molecule has 2 amide bonds. The minimum atomic E-state index is -1.12. The van der Waals surface area contributed by atoms with Gasteiger partial charge in [-0.2, -0.15) is 0 Å². The maximum atomic E-state index is 11.3. The summed E-state index contributed by atoms with van der Waals surface area (Å²) in [5.41, 5.74) is -0.0933. The fourth-order valence-electron chi connectivity index (χ4n) is 1.19. The van der Waals surface area contributed by atoms with Crippen LogP contribution in [0.25, 0.3) is 0 Å². The normalized spacial score (nSPS) is 14.2. The molecule has 1 aromatic rings. The third kappa shape index (κ3) is 2.69. The highest BCUT2D eigenvalue weighted by Crippen LogP contribution is 2.18. The molecule has 3 N–H and O–H groups in total. The molecule has 0 bridgehead atoms. The summed E-state index contributed by atoms with van der Waals surface area (Å²) in [4.78, 5) is 25.7. The van der Waals surface area contributed by atoms with Crippen LogP contribution in [-0.2, 0) is 0 Å². The Bertz CT molecular complexity index is 429. The van der Waals surface area contributed by atoms with Gasteiger partial charge in [-0.3, -0.25) is 5.32 Å². The molecule has 0 aliphatic heterocycles. The number of hydrogen-bond donors (Lipinski definition) is 3. The van der Waals surface area contributed by atoms with Crippen molar-refractivity contribution in [2.24, 2.45) is 0 Å². The Morgan fingerprint density at radius 3 is 2.75 bits per heavy atom. The van der Waals surface area contributed by atoms with Gasteiger partial charge in [0.15, 0.2) is 5.69 Å². The number of carbonyl (C=O) groups is 2. The van der Waals surface area contributed by atoms with Gasteiger partial charge in [-0.05, 0) is 25.0 Å². The highest BCUT2D eigenvalue weighted by molar-refractivity contribution is 5.90. The van der Waals surface area contributed by atoms with Crippen LogP contribution in [0.1, 0.15) is 23.3 Å². The van der Waals surface area contributed by atoms with Crippen molar-refractivity contribution in [3.8, 4) is 0 Å². The van der Waals surface area contributed by atoms with Gasteiger partial charge >= 0.3 is 12.0 Å². The van der Waals surface area contributed by atoms with Crippen molar-refractivity contribution in [2.45, 2.75) is 18.9 Å². The van der Waals surface area contributed by atoms with E-state index in [1.54, 1.807) is 6.07 Å². The smallest absolute Gasteiger partial charge is 0.354 e. The molecule has 0 unspecified atom stereocenters. The van der Waals surface area contributed by atoms with Crippen LogP contribution in [0, 0.1) is 0 Å². The maximum Gasteiger partial charge on any atom is 0.354 e. The molecule has 0 atom stereocenters. The Hall–Kier alpha value is -2.11. The zero-order chi connectivity index (χ0) is 11.5. The maximum absolute atomic E-state index is 11.3. The van der Waals surface area contributed by atoms with E-state index >= 15 is 0 Å².